The molecule has 0 spiro atoms. The molecule has 0 bridgehead atoms. The zero-order valence-electron chi connectivity index (χ0n) is 11.9. The largest absolute Gasteiger partial charge is 0.508 e. The van der Waals surface area contributed by atoms with Crippen LogP contribution in [0.4, 0.5) is 0 Å². The standard InChI is InChI=1S/C16H13N3O4/c20-12-3-1-11(2-4-12)16-15(10-5-7-17-8-6-10)18-14(23-16)9-13(21)19-22/h1-8,20,22H,9H2,(H,19,21). The molecule has 0 saturated carbocycles. The van der Waals surface area contributed by atoms with E-state index in [4.69, 9.17) is 9.62 Å². The predicted molar refractivity (Wildman–Crippen MR) is 80.5 cm³/mol. The van der Waals surface area contributed by atoms with Gasteiger partial charge in [0.25, 0.3) is 5.91 Å². The summed E-state index contributed by atoms with van der Waals surface area (Å²) in [5.41, 5.74) is 3.59. The molecule has 0 saturated heterocycles. The minimum atomic E-state index is -0.621. The van der Waals surface area contributed by atoms with Crippen molar-refractivity contribution in [1.29, 1.82) is 0 Å². The minimum Gasteiger partial charge on any atom is -0.508 e. The van der Waals surface area contributed by atoms with Gasteiger partial charge in [-0.15, -0.1) is 0 Å². The number of hydrogen-bond acceptors (Lipinski definition) is 6. The van der Waals surface area contributed by atoms with Gasteiger partial charge in [-0.1, -0.05) is 0 Å². The molecule has 3 rings (SSSR count). The number of hydroxylamine groups is 1. The predicted octanol–water partition coefficient (Wildman–Crippen LogP) is 2.16. The summed E-state index contributed by atoms with van der Waals surface area (Å²) in [6, 6.07) is 10.0. The molecule has 0 unspecified atom stereocenters. The highest BCUT2D eigenvalue weighted by Crippen LogP contribution is 2.33. The van der Waals surface area contributed by atoms with Crippen LogP contribution in [0.5, 0.6) is 5.75 Å². The minimum absolute atomic E-state index is 0.138. The maximum atomic E-state index is 11.3. The Balaban J connectivity index is 2.08. The van der Waals surface area contributed by atoms with Gasteiger partial charge in [0.2, 0.25) is 5.89 Å². The third-order valence-corrected chi connectivity index (χ3v) is 3.19. The van der Waals surface area contributed by atoms with Crippen LogP contribution in [0.3, 0.4) is 0 Å². The lowest BCUT2D eigenvalue weighted by Gasteiger charge is -2.01. The van der Waals surface area contributed by atoms with Crippen LogP contribution in [-0.2, 0) is 11.2 Å². The van der Waals surface area contributed by atoms with Crippen molar-refractivity contribution in [3.63, 3.8) is 0 Å². The second-order valence-corrected chi connectivity index (χ2v) is 4.78. The molecule has 116 valence electrons. The van der Waals surface area contributed by atoms with Gasteiger partial charge in [0.15, 0.2) is 5.76 Å². The Kier molecular flexibility index (Phi) is 4.03. The van der Waals surface area contributed by atoms with Gasteiger partial charge in [0.1, 0.15) is 17.9 Å². The summed E-state index contributed by atoms with van der Waals surface area (Å²) in [6.45, 7) is 0. The van der Waals surface area contributed by atoms with Crippen molar-refractivity contribution in [2.45, 2.75) is 6.42 Å². The third kappa shape index (κ3) is 3.19. The molecule has 0 radical (unpaired) electrons. The summed E-state index contributed by atoms with van der Waals surface area (Å²) in [5.74, 6) is 0.159. The lowest BCUT2D eigenvalue weighted by Crippen LogP contribution is -2.20. The number of carbonyl (C=O) groups is 1. The SMILES string of the molecule is O=C(Cc1nc(-c2ccncc2)c(-c2ccc(O)cc2)o1)NO. The van der Waals surface area contributed by atoms with Crippen molar-refractivity contribution in [3.05, 3.63) is 54.7 Å². The van der Waals surface area contributed by atoms with Gasteiger partial charge in [0.05, 0.1) is 0 Å². The first-order valence-electron chi connectivity index (χ1n) is 6.80. The van der Waals surface area contributed by atoms with Gasteiger partial charge in [-0.05, 0) is 36.4 Å². The van der Waals surface area contributed by atoms with Crippen LogP contribution >= 0.6 is 0 Å². The molecule has 3 N–H and O–H groups in total. The number of carbonyl (C=O) groups excluding carboxylic acids is 1. The normalized spacial score (nSPS) is 10.5. The molecule has 0 aliphatic carbocycles. The molecule has 3 aromatic rings. The molecular weight excluding hydrogens is 298 g/mol. The zero-order chi connectivity index (χ0) is 16.2. The number of nitrogens with one attached hydrogen (secondary N) is 1. The van der Waals surface area contributed by atoms with E-state index >= 15 is 0 Å². The Morgan fingerprint density at radius 1 is 1.09 bits per heavy atom. The summed E-state index contributed by atoms with van der Waals surface area (Å²) in [5, 5.41) is 18.0. The topological polar surface area (TPSA) is 108 Å². The van der Waals surface area contributed by atoms with Gasteiger partial charge in [-0.25, -0.2) is 10.5 Å². The fourth-order valence-electron chi connectivity index (χ4n) is 2.13. The zero-order valence-corrected chi connectivity index (χ0v) is 11.9. The van der Waals surface area contributed by atoms with Crippen molar-refractivity contribution < 1.29 is 19.5 Å². The molecule has 1 aromatic carbocycles. The number of amides is 1. The van der Waals surface area contributed by atoms with Crippen LogP contribution in [0.15, 0.2) is 53.2 Å². The molecule has 23 heavy (non-hydrogen) atoms. The Morgan fingerprint density at radius 3 is 2.43 bits per heavy atom. The number of aromatic hydroxyl groups is 1. The number of nitrogens with zero attached hydrogens (tertiary/aromatic N) is 2. The fourth-order valence-corrected chi connectivity index (χ4v) is 2.13. The average Bonchev–Trinajstić information content (AvgIpc) is 3.00. The number of oxazole rings is 1. The van der Waals surface area contributed by atoms with Crippen molar-refractivity contribution in [3.8, 4) is 28.3 Å². The highest BCUT2D eigenvalue weighted by Gasteiger charge is 2.18. The van der Waals surface area contributed by atoms with Crippen molar-refractivity contribution in [2.75, 3.05) is 0 Å². The van der Waals surface area contributed by atoms with Gasteiger partial charge in [0, 0.05) is 23.5 Å². The summed E-state index contributed by atoms with van der Waals surface area (Å²) < 4.78 is 5.68. The van der Waals surface area contributed by atoms with Crippen LogP contribution < -0.4 is 5.48 Å². The lowest BCUT2D eigenvalue weighted by molar-refractivity contribution is -0.128. The molecule has 0 atom stereocenters. The molecule has 0 fully saturated rings. The molecule has 2 heterocycles. The van der Waals surface area contributed by atoms with E-state index in [0.29, 0.717) is 17.0 Å². The number of benzene rings is 1. The summed E-state index contributed by atoms with van der Waals surface area (Å²) in [7, 11) is 0. The first-order valence-corrected chi connectivity index (χ1v) is 6.80. The smallest absolute Gasteiger partial charge is 0.252 e. The summed E-state index contributed by atoms with van der Waals surface area (Å²) in [4.78, 5) is 19.6. The van der Waals surface area contributed by atoms with E-state index in [1.165, 1.54) is 12.1 Å². The van der Waals surface area contributed by atoms with Crippen LogP contribution in [0.1, 0.15) is 5.89 Å². The van der Waals surface area contributed by atoms with Gasteiger partial charge >= 0.3 is 0 Å². The number of hydrogen-bond donors (Lipinski definition) is 3. The Morgan fingerprint density at radius 2 is 1.78 bits per heavy atom. The molecule has 2 aromatic heterocycles. The van der Waals surface area contributed by atoms with E-state index in [1.54, 1.807) is 42.1 Å². The van der Waals surface area contributed by atoms with E-state index in [9.17, 15) is 9.90 Å². The number of aromatic nitrogens is 2. The van der Waals surface area contributed by atoms with Crippen LogP contribution in [-0.4, -0.2) is 26.2 Å². The first kappa shape index (κ1) is 14.7. The Hall–Kier alpha value is -3.19. The van der Waals surface area contributed by atoms with Gasteiger partial charge < -0.3 is 9.52 Å². The highest BCUT2D eigenvalue weighted by molar-refractivity contribution is 5.79. The quantitative estimate of drug-likeness (QED) is 0.503. The third-order valence-electron chi connectivity index (χ3n) is 3.19. The van der Waals surface area contributed by atoms with E-state index in [1.807, 2.05) is 0 Å². The summed E-state index contributed by atoms with van der Waals surface area (Å²) >= 11 is 0. The van der Waals surface area contributed by atoms with E-state index < -0.39 is 5.91 Å². The van der Waals surface area contributed by atoms with Crippen LogP contribution in [0.2, 0.25) is 0 Å². The maximum absolute atomic E-state index is 11.3. The average molecular weight is 311 g/mol. The van der Waals surface area contributed by atoms with Crippen molar-refractivity contribution in [2.24, 2.45) is 0 Å². The fraction of sp³-hybridized carbons (Fsp3) is 0.0625. The van der Waals surface area contributed by atoms with E-state index in [0.717, 1.165) is 5.56 Å². The molecule has 7 heteroatoms. The van der Waals surface area contributed by atoms with E-state index in [-0.39, 0.29) is 18.1 Å². The first-order chi connectivity index (χ1) is 11.2. The summed E-state index contributed by atoms with van der Waals surface area (Å²) in [6.07, 6.45) is 3.07. The second kappa shape index (κ2) is 6.29. The number of phenolic OH excluding ortho intramolecular Hbond substituents is 1. The van der Waals surface area contributed by atoms with Gasteiger partial charge in [-0.2, -0.15) is 0 Å². The number of pyridine rings is 1. The molecule has 1 amide bonds. The molecule has 7 nitrogen and oxygen atoms in total. The van der Waals surface area contributed by atoms with Gasteiger partial charge in [-0.3, -0.25) is 15.0 Å². The van der Waals surface area contributed by atoms with Crippen LogP contribution in [0, 0.1) is 0 Å². The Bertz CT molecular complexity index is 813. The highest BCUT2D eigenvalue weighted by atomic mass is 16.5. The number of phenols is 1. The molecular formula is C16H13N3O4. The van der Waals surface area contributed by atoms with Crippen LogP contribution in [0.25, 0.3) is 22.6 Å². The van der Waals surface area contributed by atoms with Crippen molar-refractivity contribution >= 4 is 5.91 Å². The second-order valence-electron chi connectivity index (χ2n) is 4.78. The number of rotatable bonds is 4. The molecule has 0 aliphatic rings. The monoisotopic (exact) mass is 311 g/mol. The van der Waals surface area contributed by atoms with E-state index in [2.05, 4.69) is 9.97 Å². The lowest BCUT2D eigenvalue weighted by atomic mass is 10.1. The van der Waals surface area contributed by atoms with Crippen molar-refractivity contribution in [1.82, 2.24) is 15.4 Å². The Labute approximate surface area is 131 Å². The molecule has 0 aliphatic heterocycles. The maximum Gasteiger partial charge on any atom is 0.252 e.